The molecule has 0 fully saturated rings. The predicted molar refractivity (Wildman–Crippen MR) is 62.4 cm³/mol. The molecule has 0 aliphatic carbocycles. The van der Waals surface area contributed by atoms with E-state index in [9.17, 15) is 4.79 Å². The van der Waals surface area contributed by atoms with E-state index in [4.69, 9.17) is 16.4 Å². The van der Waals surface area contributed by atoms with Crippen molar-refractivity contribution in [3.63, 3.8) is 0 Å². The van der Waals surface area contributed by atoms with Gasteiger partial charge in [0, 0.05) is 17.3 Å². The molecule has 4 heteroatoms. The van der Waals surface area contributed by atoms with Crippen LogP contribution in [-0.4, -0.2) is 4.73 Å². The highest BCUT2D eigenvalue weighted by molar-refractivity contribution is 6.30. The topological polar surface area (TPSA) is 31.2 Å². The smallest absolute Gasteiger partial charge is 0.284 e. The standard InChI is InChI=1S/C12H10ClNO2/c13-11-6-7-14(12(15)8-11)16-9-10-4-2-1-3-5-10/h1-8H,9H2. The summed E-state index contributed by atoms with van der Waals surface area (Å²) >= 11 is 5.67. The van der Waals surface area contributed by atoms with Crippen LogP contribution in [0.15, 0.2) is 53.5 Å². The Morgan fingerprint density at radius 2 is 1.94 bits per heavy atom. The van der Waals surface area contributed by atoms with E-state index < -0.39 is 0 Å². The molecular formula is C12H10ClNO2. The lowest BCUT2D eigenvalue weighted by atomic mass is 10.2. The fraction of sp³-hybridized carbons (Fsp3) is 0.0833. The van der Waals surface area contributed by atoms with Crippen molar-refractivity contribution in [1.29, 1.82) is 0 Å². The molecule has 0 bridgehead atoms. The number of pyridine rings is 1. The van der Waals surface area contributed by atoms with Gasteiger partial charge in [0.05, 0.1) is 0 Å². The molecule has 0 amide bonds. The molecule has 1 heterocycles. The van der Waals surface area contributed by atoms with Crippen LogP contribution >= 0.6 is 11.6 Å². The van der Waals surface area contributed by atoms with E-state index in [-0.39, 0.29) is 5.56 Å². The molecule has 0 unspecified atom stereocenters. The first-order valence-electron chi connectivity index (χ1n) is 4.81. The summed E-state index contributed by atoms with van der Waals surface area (Å²) in [4.78, 5) is 16.7. The van der Waals surface area contributed by atoms with E-state index in [1.807, 2.05) is 30.3 Å². The quantitative estimate of drug-likeness (QED) is 0.816. The zero-order valence-electron chi connectivity index (χ0n) is 8.47. The minimum atomic E-state index is -0.275. The highest BCUT2D eigenvalue weighted by Gasteiger charge is 1.97. The summed E-state index contributed by atoms with van der Waals surface area (Å²) < 4.78 is 1.17. The number of halogens is 1. The van der Waals surface area contributed by atoms with Gasteiger partial charge in [-0.05, 0) is 11.6 Å². The number of hydrogen-bond acceptors (Lipinski definition) is 2. The van der Waals surface area contributed by atoms with Gasteiger partial charge in [0.15, 0.2) is 0 Å². The number of hydrogen-bond donors (Lipinski definition) is 0. The summed E-state index contributed by atoms with van der Waals surface area (Å²) in [5.74, 6) is 0. The second-order valence-corrected chi connectivity index (χ2v) is 3.70. The molecule has 3 nitrogen and oxygen atoms in total. The third kappa shape index (κ3) is 2.64. The predicted octanol–water partition coefficient (Wildman–Crippen LogP) is 2.13. The van der Waals surface area contributed by atoms with Gasteiger partial charge in [0.2, 0.25) is 0 Å². The summed E-state index contributed by atoms with van der Waals surface area (Å²) in [6, 6.07) is 12.5. The minimum Gasteiger partial charge on any atom is -0.406 e. The van der Waals surface area contributed by atoms with Crippen LogP contribution in [0.1, 0.15) is 5.56 Å². The Kier molecular flexibility index (Phi) is 3.27. The van der Waals surface area contributed by atoms with Crippen molar-refractivity contribution in [2.24, 2.45) is 0 Å². The monoisotopic (exact) mass is 235 g/mol. The van der Waals surface area contributed by atoms with Crippen LogP contribution in [0.4, 0.5) is 0 Å². The van der Waals surface area contributed by atoms with E-state index in [1.54, 1.807) is 6.07 Å². The molecule has 0 spiro atoms. The lowest BCUT2D eigenvalue weighted by molar-refractivity contribution is 0.0891. The highest BCUT2D eigenvalue weighted by atomic mass is 35.5. The van der Waals surface area contributed by atoms with Crippen LogP contribution in [0.25, 0.3) is 0 Å². The zero-order valence-corrected chi connectivity index (χ0v) is 9.22. The van der Waals surface area contributed by atoms with Gasteiger partial charge in [-0.3, -0.25) is 4.79 Å². The fourth-order valence-corrected chi connectivity index (χ4v) is 1.42. The summed E-state index contributed by atoms with van der Waals surface area (Å²) in [6.45, 7) is 0.350. The zero-order chi connectivity index (χ0) is 11.4. The maximum Gasteiger partial charge on any atom is 0.284 e. The van der Waals surface area contributed by atoms with Gasteiger partial charge in [-0.25, -0.2) is 0 Å². The molecular weight excluding hydrogens is 226 g/mol. The molecule has 2 aromatic rings. The molecule has 0 saturated heterocycles. The van der Waals surface area contributed by atoms with Crippen molar-refractivity contribution < 1.29 is 4.84 Å². The summed E-state index contributed by atoms with van der Waals surface area (Å²) in [7, 11) is 0. The molecule has 0 aliphatic heterocycles. The van der Waals surface area contributed by atoms with E-state index in [0.29, 0.717) is 11.6 Å². The molecule has 1 aromatic carbocycles. The lowest BCUT2D eigenvalue weighted by Crippen LogP contribution is -2.25. The average molecular weight is 236 g/mol. The Morgan fingerprint density at radius 3 is 2.62 bits per heavy atom. The first-order valence-corrected chi connectivity index (χ1v) is 5.19. The average Bonchev–Trinajstić information content (AvgIpc) is 2.29. The van der Waals surface area contributed by atoms with E-state index >= 15 is 0 Å². The molecule has 0 aliphatic rings. The minimum absolute atomic E-state index is 0.275. The fourth-order valence-electron chi connectivity index (χ4n) is 1.27. The Labute approximate surface area is 97.8 Å². The van der Waals surface area contributed by atoms with Gasteiger partial charge in [0.25, 0.3) is 5.56 Å². The van der Waals surface area contributed by atoms with E-state index in [1.165, 1.54) is 17.0 Å². The Hall–Kier alpha value is -1.74. The van der Waals surface area contributed by atoms with Crippen LogP contribution < -0.4 is 10.4 Å². The van der Waals surface area contributed by atoms with Crippen LogP contribution in [0.2, 0.25) is 5.02 Å². The molecule has 0 N–H and O–H groups in total. The lowest BCUT2D eigenvalue weighted by Gasteiger charge is -2.07. The van der Waals surface area contributed by atoms with Gasteiger partial charge < -0.3 is 4.84 Å². The summed E-state index contributed by atoms with van der Waals surface area (Å²) in [6.07, 6.45) is 1.51. The van der Waals surface area contributed by atoms with E-state index in [0.717, 1.165) is 5.56 Å². The van der Waals surface area contributed by atoms with Crippen molar-refractivity contribution in [1.82, 2.24) is 4.73 Å². The number of benzene rings is 1. The first kappa shape index (κ1) is 10.8. The molecule has 82 valence electrons. The van der Waals surface area contributed by atoms with Crippen molar-refractivity contribution >= 4 is 11.6 Å². The van der Waals surface area contributed by atoms with Gasteiger partial charge in [-0.15, -0.1) is 0 Å². The molecule has 0 saturated carbocycles. The van der Waals surface area contributed by atoms with E-state index in [2.05, 4.69) is 0 Å². The molecule has 0 atom stereocenters. The van der Waals surface area contributed by atoms with Crippen molar-refractivity contribution in [3.8, 4) is 0 Å². The van der Waals surface area contributed by atoms with Gasteiger partial charge in [-0.2, -0.15) is 4.73 Å². The third-order valence-electron chi connectivity index (χ3n) is 2.06. The van der Waals surface area contributed by atoms with Crippen LogP contribution in [0, 0.1) is 0 Å². The van der Waals surface area contributed by atoms with Gasteiger partial charge >= 0.3 is 0 Å². The van der Waals surface area contributed by atoms with Crippen LogP contribution in [0.3, 0.4) is 0 Å². The van der Waals surface area contributed by atoms with Crippen molar-refractivity contribution in [2.45, 2.75) is 6.61 Å². The Morgan fingerprint density at radius 1 is 1.19 bits per heavy atom. The normalized spacial score (nSPS) is 10.1. The van der Waals surface area contributed by atoms with Gasteiger partial charge in [-0.1, -0.05) is 41.9 Å². The SMILES string of the molecule is O=c1cc(Cl)ccn1OCc1ccccc1. The first-order chi connectivity index (χ1) is 7.75. The maximum atomic E-state index is 11.4. The number of rotatable bonds is 3. The molecule has 0 radical (unpaired) electrons. The molecule has 16 heavy (non-hydrogen) atoms. The highest BCUT2D eigenvalue weighted by Crippen LogP contribution is 2.02. The second kappa shape index (κ2) is 4.86. The summed E-state index contributed by atoms with van der Waals surface area (Å²) in [5, 5.41) is 0.407. The Balaban J connectivity index is 2.08. The largest absolute Gasteiger partial charge is 0.406 e. The number of nitrogens with zero attached hydrogens (tertiary/aromatic N) is 1. The van der Waals surface area contributed by atoms with Crippen LogP contribution in [-0.2, 0) is 6.61 Å². The number of aromatic nitrogens is 1. The van der Waals surface area contributed by atoms with Gasteiger partial charge in [0.1, 0.15) is 6.61 Å². The molecule has 2 rings (SSSR count). The summed E-state index contributed by atoms with van der Waals surface area (Å²) in [5.41, 5.74) is 0.729. The Bertz CT molecular complexity index is 522. The van der Waals surface area contributed by atoms with Crippen LogP contribution in [0.5, 0.6) is 0 Å². The van der Waals surface area contributed by atoms with Crippen molar-refractivity contribution in [3.05, 3.63) is 69.6 Å². The van der Waals surface area contributed by atoms with Crippen molar-refractivity contribution in [2.75, 3.05) is 0 Å². The second-order valence-electron chi connectivity index (χ2n) is 3.27. The third-order valence-corrected chi connectivity index (χ3v) is 2.30. The molecule has 1 aromatic heterocycles. The maximum absolute atomic E-state index is 11.4.